The number of hydrogen-bond donors (Lipinski definition) is 0. The SMILES string of the molecule is [2H]C([2H])([2H])C([2H])([2H])Oc1ccc(B2OC(C)(C)C(C)(C)O2)nc1. The van der Waals surface area contributed by atoms with Gasteiger partial charge in [0, 0.05) is 4.11 Å². The van der Waals surface area contributed by atoms with Gasteiger partial charge in [0.05, 0.1) is 32.3 Å². The summed E-state index contributed by atoms with van der Waals surface area (Å²) in [7, 11) is -0.645. The maximum absolute atomic E-state index is 7.44. The molecule has 1 aromatic rings. The average molecular weight is 254 g/mol. The summed E-state index contributed by atoms with van der Waals surface area (Å²) < 4.78 is 52.9. The summed E-state index contributed by atoms with van der Waals surface area (Å²) in [4.78, 5) is 4.13. The van der Waals surface area contributed by atoms with Crippen LogP contribution < -0.4 is 10.3 Å². The van der Waals surface area contributed by atoms with Crippen LogP contribution in [0.2, 0.25) is 0 Å². The number of pyridine rings is 1. The minimum Gasteiger partial charge on any atom is -0.492 e. The van der Waals surface area contributed by atoms with Crippen molar-refractivity contribution in [3.05, 3.63) is 18.3 Å². The third-order valence-electron chi connectivity index (χ3n) is 3.42. The Bertz CT molecular complexity index is 558. The maximum Gasteiger partial charge on any atom is 0.514 e. The number of rotatable bonds is 3. The van der Waals surface area contributed by atoms with Gasteiger partial charge >= 0.3 is 7.12 Å². The zero-order chi connectivity index (χ0) is 17.7. The number of ether oxygens (including phenoxy) is 1. The van der Waals surface area contributed by atoms with Crippen LogP contribution in [0.25, 0.3) is 0 Å². The molecule has 0 amide bonds. The third-order valence-corrected chi connectivity index (χ3v) is 3.42. The molecule has 2 rings (SSSR count). The van der Waals surface area contributed by atoms with Gasteiger partial charge in [-0.1, -0.05) is 0 Å². The first-order valence-corrected chi connectivity index (χ1v) is 5.76. The molecule has 1 fully saturated rings. The minimum atomic E-state index is -2.89. The van der Waals surface area contributed by atoms with E-state index in [-0.39, 0.29) is 5.75 Å². The molecule has 0 saturated carbocycles. The smallest absolute Gasteiger partial charge is 0.492 e. The molecule has 0 spiro atoms. The highest BCUT2D eigenvalue weighted by Gasteiger charge is 2.52. The van der Waals surface area contributed by atoms with Crippen molar-refractivity contribution < 1.29 is 20.9 Å². The number of hydrogen-bond acceptors (Lipinski definition) is 4. The molecule has 18 heavy (non-hydrogen) atoms. The van der Waals surface area contributed by atoms with Gasteiger partial charge < -0.3 is 14.0 Å². The van der Waals surface area contributed by atoms with Gasteiger partial charge in [-0.3, -0.25) is 4.98 Å². The molecule has 0 unspecified atom stereocenters. The normalized spacial score (nSPS) is 26.7. The molecule has 1 saturated heterocycles. The van der Waals surface area contributed by atoms with Crippen LogP contribution in [-0.4, -0.2) is 29.9 Å². The summed E-state index contributed by atoms with van der Waals surface area (Å²) in [5, 5.41) is 0. The standard InChI is InChI=1S/C13H20BNO3/c1-6-16-10-7-8-11(15-9-10)14-17-12(2,3)13(4,5)18-14/h7-9H,6H2,1-5H3/i1D3,6D2. The fraction of sp³-hybridized carbons (Fsp3) is 0.615. The van der Waals surface area contributed by atoms with Crippen LogP contribution in [0, 0.1) is 0 Å². The first kappa shape index (κ1) is 8.18. The fourth-order valence-corrected chi connectivity index (χ4v) is 1.61. The van der Waals surface area contributed by atoms with Crippen LogP contribution in [-0.2, 0) is 9.31 Å². The van der Waals surface area contributed by atoms with E-state index in [2.05, 4.69) is 4.98 Å². The van der Waals surface area contributed by atoms with Gasteiger partial charge in [0.25, 0.3) is 0 Å². The van der Waals surface area contributed by atoms with Gasteiger partial charge in [-0.2, -0.15) is 0 Å². The van der Waals surface area contributed by atoms with Crippen LogP contribution in [0.3, 0.4) is 0 Å². The lowest BCUT2D eigenvalue weighted by molar-refractivity contribution is 0.00578. The summed E-state index contributed by atoms with van der Waals surface area (Å²) in [5.41, 5.74) is -0.480. The first-order valence-electron chi connectivity index (χ1n) is 8.26. The summed E-state index contributed by atoms with van der Waals surface area (Å²) in [6, 6.07) is 3.00. The molecule has 0 aromatic carbocycles. The Morgan fingerprint density at radius 1 is 1.33 bits per heavy atom. The summed E-state index contributed by atoms with van der Waals surface area (Å²) >= 11 is 0. The van der Waals surface area contributed by atoms with Gasteiger partial charge in [0.1, 0.15) is 5.75 Å². The van der Waals surface area contributed by atoms with Crippen LogP contribution in [0.4, 0.5) is 0 Å². The highest BCUT2D eigenvalue weighted by atomic mass is 16.7. The Hall–Kier alpha value is -1.07. The zero-order valence-corrected chi connectivity index (χ0v) is 11.0. The topological polar surface area (TPSA) is 40.6 Å². The lowest BCUT2D eigenvalue weighted by atomic mass is 9.84. The van der Waals surface area contributed by atoms with E-state index < -0.39 is 31.7 Å². The molecule has 0 bridgehead atoms. The number of aromatic nitrogens is 1. The molecule has 1 aliphatic heterocycles. The van der Waals surface area contributed by atoms with Crippen molar-refractivity contribution in [3.8, 4) is 5.75 Å². The molecule has 5 heteroatoms. The second-order valence-corrected chi connectivity index (χ2v) is 5.21. The molecule has 2 heterocycles. The van der Waals surface area contributed by atoms with Gasteiger partial charge in [0.2, 0.25) is 0 Å². The lowest BCUT2D eigenvalue weighted by Crippen LogP contribution is -2.41. The minimum absolute atomic E-state index is 0.0198. The zero-order valence-electron chi connectivity index (χ0n) is 16.0. The van der Waals surface area contributed by atoms with E-state index >= 15 is 0 Å². The Balaban J connectivity index is 2.13. The predicted octanol–water partition coefficient (Wildman–Crippen LogP) is 1.78. The van der Waals surface area contributed by atoms with Crippen molar-refractivity contribution in [1.29, 1.82) is 0 Å². The molecule has 0 radical (unpaired) electrons. The highest BCUT2D eigenvalue weighted by molar-refractivity contribution is 6.61. The molecule has 98 valence electrons. The molecular formula is C13H20BNO3. The Kier molecular flexibility index (Phi) is 2.07. The molecule has 0 atom stereocenters. The Labute approximate surface area is 116 Å². The van der Waals surface area contributed by atoms with Gasteiger partial charge in [0.15, 0.2) is 0 Å². The summed E-state index contributed by atoms with van der Waals surface area (Å²) in [5.74, 6) is 0.0198. The van der Waals surface area contributed by atoms with Gasteiger partial charge in [-0.25, -0.2) is 0 Å². The van der Waals surface area contributed by atoms with E-state index in [1.807, 2.05) is 27.7 Å². The molecule has 1 aromatic heterocycles. The monoisotopic (exact) mass is 254 g/mol. The van der Waals surface area contributed by atoms with Crippen LogP contribution >= 0.6 is 0 Å². The van der Waals surface area contributed by atoms with E-state index in [4.69, 9.17) is 20.9 Å². The van der Waals surface area contributed by atoms with Crippen molar-refractivity contribution in [3.63, 3.8) is 0 Å². The fourth-order valence-electron chi connectivity index (χ4n) is 1.61. The third kappa shape index (κ3) is 2.38. The van der Waals surface area contributed by atoms with Crippen LogP contribution in [0.15, 0.2) is 18.3 Å². The first-order chi connectivity index (χ1) is 10.3. The van der Waals surface area contributed by atoms with E-state index in [1.165, 1.54) is 12.3 Å². The lowest BCUT2D eigenvalue weighted by Gasteiger charge is -2.32. The predicted molar refractivity (Wildman–Crippen MR) is 71.1 cm³/mol. The van der Waals surface area contributed by atoms with E-state index in [0.717, 1.165) is 0 Å². The highest BCUT2D eigenvalue weighted by Crippen LogP contribution is 2.36. The maximum atomic E-state index is 7.44. The largest absolute Gasteiger partial charge is 0.514 e. The molecule has 1 aliphatic rings. The molecule has 0 aliphatic carbocycles. The van der Waals surface area contributed by atoms with Crippen molar-refractivity contribution in [2.24, 2.45) is 0 Å². The van der Waals surface area contributed by atoms with Crippen molar-refractivity contribution in [2.75, 3.05) is 6.56 Å². The Morgan fingerprint density at radius 3 is 2.50 bits per heavy atom. The Morgan fingerprint density at radius 2 is 2.00 bits per heavy atom. The molecule has 0 N–H and O–H groups in total. The van der Waals surface area contributed by atoms with Crippen molar-refractivity contribution in [1.82, 2.24) is 4.98 Å². The van der Waals surface area contributed by atoms with E-state index in [9.17, 15) is 0 Å². The van der Waals surface area contributed by atoms with Crippen molar-refractivity contribution >= 4 is 12.7 Å². The molecule has 4 nitrogen and oxygen atoms in total. The van der Waals surface area contributed by atoms with Crippen molar-refractivity contribution in [2.45, 2.75) is 45.7 Å². The quantitative estimate of drug-likeness (QED) is 0.771. The average Bonchev–Trinajstić information content (AvgIpc) is 2.57. The number of nitrogens with zero attached hydrogens (tertiary/aromatic N) is 1. The summed E-state index contributed by atoms with van der Waals surface area (Å²) in [6.45, 7) is 2.02. The molecular weight excluding hydrogens is 229 g/mol. The summed E-state index contributed by atoms with van der Waals surface area (Å²) in [6.07, 6.45) is 1.25. The van der Waals surface area contributed by atoms with Gasteiger partial charge in [-0.05, 0) is 46.7 Å². The second kappa shape index (κ2) is 4.55. The van der Waals surface area contributed by atoms with Gasteiger partial charge in [-0.15, -0.1) is 0 Å². The second-order valence-electron chi connectivity index (χ2n) is 5.21. The van der Waals surface area contributed by atoms with E-state index in [0.29, 0.717) is 5.59 Å². The van der Waals surface area contributed by atoms with Crippen LogP contribution in [0.5, 0.6) is 5.75 Å². The van der Waals surface area contributed by atoms with Crippen LogP contribution in [0.1, 0.15) is 41.4 Å². The van der Waals surface area contributed by atoms with E-state index in [1.54, 1.807) is 6.07 Å².